The van der Waals surface area contributed by atoms with E-state index >= 15 is 0 Å². The lowest BCUT2D eigenvalue weighted by molar-refractivity contribution is 0.245. The molecule has 1 unspecified atom stereocenters. The number of thiazole rings is 1. The van der Waals surface area contributed by atoms with Crippen LogP contribution in [0.15, 0.2) is 11.7 Å². The Labute approximate surface area is 111 Å². The summed E-state index contributed by atoms with van der Waals surface area (Å²) in [4.78, 5) is 8.27. The molecule has 0 radical (unpaired) electrons. The van der Waals surface area contributed by atoms with Gasteiger partial charge < -0.3 is 0 Å². The van der Waals surface area contributed by atoms with Crippen LogP contribution in [0, 0.1) is 13.8 Å². The van der Waals surface area contributed by atoms with E-state index in [0.29, 0.717) is 6.04 Å². The smallest absolute Gasteiger partial charge is 0.0798 e. The van der Waals surface area contributed by atoms with E-state index in [1.807, 2.05) is 11.7 Å². The number of H-pyrrole nitrogens is 1. The molecule has 0 bridgehead atoms. The molecule has 96 valence electrons. The SMILES string of the molecule is Cc1cn[nH]c1C1CCCN1Cc1scnc1C. The number of aromatic amines is 1. The van der Waals surface area contributed by atoms with Gasteiger partial charge in [0.2, 0.25) is 0 Å². The lowest BCUT2D eigenvalue weighted by Gasteiger charge is -2.23. The molecule has 0 aromatic carbocycles. The Hall–Kier alpha value is -1.20. The Morgan fingerprint density at radius 2 is 2.39 bits per heavy atom. The van der Waals surface area contributed by atoms with Crippen LogP contribution in [-0.4, -0.2) is 26.6 Å². The van der Waals surface area contributed by atoms with E-state index in [1.54, 1.807) is 11.3 Å². The maximum Gasteiger partial charge on any atom is 0.0798 e. The summed E-state index contributed by atoms with van der Waals surface area (Å²) in [6, 6.07) is 0.494. The molecule has 2 aromatic heterocycles. The average Bonchev–Trinajstić information content (AvgIpc) is 3.03. The molecular formula is C13H18N4S. The highest BCUT2D eigenvalue weighted by Gasteiger charge is 2.28. The number of likely N-dealkylation sites (tertiary alicyclic amines) is 1. The van der Waals surface area contributed by atoms with Gasteiger partial charge in [0.05, 0.1) is 29.1 Å². The highest BCUT2D eigenvalue weighted by Crippen LogP contribution is 2.34. The minimum absolute atomic E-state index is 0.494. The maximum atomic E-state index is 4.34. The molecule has 4 nitrogen and oxygen atoms in total. The van der Waals surface area contributed by atoms with Crippen LogP contribution in [0.2, 0.25) is 0 Å². The van der Waals surface area contributed by atoms with Gasteiger partial charge in [0, 0.05) is 11.4 Å². The van der Waals surface area contributed by atoms with E-state index in [4.69, 9.17) is 0 Å². The molecule has 3 heterocycles. The topological polar surface area (TPSA) is 44.8 Å². The predicted molar refractivity (Wildman–Crippen MR) is 72.6 cm³/mol. The summed E-state index contributed by atoms with van der Waals surface area (Å²) in [5.74, 6) is 0. The molecule has 0 saturated carbocycles. The zero-order valence-corrected chi connectivity index (χ0v) is 11.6. The third kappa shape index (κ3) is 2.08. The molecule has 3 rings (SSSR count). The van der Waals surface area contributed by atoms with Crippen molar-refractivity contribution < 1.29 is 0 Å². The monoisotopic (exact) mass is 262 g/mol. The lowest BCUT2D eigenvalue weighted by Crippen LogP contribution is -2.23. The average molecular weight is 262 g/mol. The van der Waals surface area contributed by atoms with Gasteiger partial charge in [-0.25, -0.2) is 4.98 Å². The first-order valence-corrected chi connectivity index (χ1v) is 7.26. The van der Waals surface area contributed by atoms with Gasteiger partial charge in [-0.15, -0.1) is 11.3 Å². The van der Waals surface area contributed by atoms with Gasteiger partial charge in [0.1, 0.15) is 0 Å². The Kier molecular flexibility index (Phi) is 3.18. The van der Waals surface area contributed by atoms with E-state index in [-0.39, 0.29) is 0 Å². The fraction of sp³-hybridized carbons (Fsp3) is 0.538. The highest BCUT2D eigenvalue weighted by molar-refractivity contribution is 7.09. The number of hydrogen-bond donors (Lipinski definition) is 1. The Bertz CT molecular complexity index is 531. The van der Waals surface area contributed by atoms with Gasteiger partial charge in [0.15, 0.2) is 0 Å². The van der Waals surface area contributed by atoms with Gasteiger partial charge in [-0.1, -0.05) is 0 Å². The van der Waals surface area contributed by atoms with E-state index < -0.39 is 0 Å². The lowest BCUT2D eigenvalue weighted by atomic mass is 10.1. The third-order valence-electron chi connectivity index (χ3n) is 3.76. The zero-order valence-electron chi connectivity index (χ0n) is 10.8. The van der Waals surface area contributed by atoms with E-state index in [1.165, 1.54) is 41.2 Å². The fourth-order valence-corrected chi connectivity index (χ4v) is 3.50. The molecule has 1 N–H and O–H groups in total. The van der Waals surface area contributed by atoms with Crippen LogP contribution in [0.3, 0.4) is 0 Å². The molecule has 1 atom stereocenters. The molecular weight excluding hydrogens is 244 g/mol. The van der Waals surface area contributed by atoms with Crippen LogP contribution < -0.4 is 0 Å². The van der Waals surface area contributed by atoms with Crippen molar-refractivity contribution in [1.82, 2.24) is 20.1 Å². The second kappa shape index (κ2) is 4.82. The van der Waals surface area contributed by atoms with Crippen LogP contribution in [0.5, 0.6) is 0 Å². The van der Waals surface area contributed by atoms with Gasteiger partial charge in [-0.05, 0) is 38.8 Å². The van der Waals surface area contributed by atoms with Crippen LogP contribution in [0.4, 0.5) is 0 Å². The van der Waals surface area contributed by atoms with E-state index in [2.05, 4.69) is 33.9 Å². The van der Waals surface area contributed by atoms with Crippen molar-refractivity contribution in [3.63, 3.8) is 0 Å². The summed E-state index contributed by atoms with van der Waals surface area (Å²) in [7, 11) is 0. The van der Waals surface area contributed by atoms with Crippen molar-refractivity contribution in [3.05, 3.63) is 33.5 Å². The molecule has 0 amide bonds. The number of aromatic nitrogens is 3. The molecule has 0 aliphatic carbocycles. The molecule has 1 aliphatic rings. The Morgan fingerprint density at radius 1 is 1.50 bits per heavy atom. The van der Waals surface area contributed by atoms with Crippen molar-refractivity contribution in [2.75, 3.05) is 6.54 Å². The molecule has 1 aliphatic heterocycles. The summed E-state index contributed by atoms with van der Waals surface area (Å²) in [5, 5.41) is 7.32. The number of nitrogens with zero attached hydrogens (tertiary/aromatic N) is 3. The third-order valence-corrected chi connectivity index (χ3v) is 4.68. The Morgan fingerprint density at radius 3 is 3.06 bits per heavy atom. The first-order chi connectivity index (χ1) is 8.75. The molecule has 5 heteroatoms. The first-order valence-electron chi connectivity index (χ1n) is 6.38. The number of rotatable bonds is 3. The highest BCUT2D eigenvalue weighted by atomic mass is 32.1. The normalized spacial score (nSPS) is 20.7. The standard InChI is InChI=1S/C13H18N4S/c1-9-6-15-16-13(9)11-4-3-5-17(11)7-12-10(2)14-8-18-12/h6,8,11H,3-5,7H2,1-2H3,(H,15,16). The van der Waals surface area contributed by atoms with Gasteiger partial charge in [-0.2, -0.15) is 5.10 Å². The van der Waals surface area contributed by atoms with Crippen molar-refractivity contribution in [1.29, 1.82) is 0 Å². The van der Waals surface area contributed by atoms with Gasteiger partial charge in [0.25, 0.3) is 0 Å². The summed E-state index contributed by atoms with van der Waals surface area (Å²) in [5.41, 5.74) is 5.67. The molecule has 0 spiro atoms. The van der Waals surface area contributed by atoms with Crippen molar-refractivity contribution in [2.45, 2.75) is 39.3 Å². The number of aryl methyl sites for hydroxylation is 2. The molecule has 1 fully saturated rings. The number of hydrogen-bond acceptors (Lipinski definition) is 4. The fourth-order valence-electron chi connectivity index (χ4n) is 2.70. The van der Waals surface area contributed by atoms with Crippen molar-refractivity contribution in [3.8, 4) is 0 Å². The van der Waals surface area contributed by atoms with Crippen molar-refractivity contribution >= 4 is 11.3 Å². The summed E-state index contributed by atoms with van der Waals surface area (Å²) in [6.07, 6.45) is 4.41. The quantitative estimate of drug-likeness (QED) is 0.925. The zero-order chi connectivity index (χ0) is 12.5. The predicted octanol–water partition coefficient (Wildman–Crippen LogP) is 2.82. The van der Waals surface area contributed by atoms with E-state index in [9.17, 15) is 0 Å². The summed E-state index contributed by atoms with van der Waals surface area (Å²) in [6.45, 7) is 6.41. The van der Waals surface area contributed by atoms with Crippen molar-refractivity contribution in [2.24, 2.45) is 0 Å². The van der Waals surface area contributed by atoms with Gasteiger partial charge in [-0.3, -0.25) is 10.00 Å². The summed E-state index contributed by atoms with van der Waals surface area (Å²) < 4.78 is 0. The summed E-state index contributed by atoms with van der Waals surface area (Å²) >= 11 is 1.76. The maximum absolute atomic E-state index is 4.34. The van der Waals surface area contributed by atoms with Crippen LogP contribution >= 0.6 is 11.3 Å². The van der Waals surface area contributed by atoms with Crippen LogP contribution in [-0.2, 0) is 6.54 Å². The minimum Gasteiger partial charge on any atom is -0.290 e. The molecule has 2 aromatic rings. The second-order valence-electron chi connectivity index (χ2n) is 4.96. The number of nitrogens with one attached hydrogen (secondary N) is 1. The Balaban J connectivity index is 1.80. The van der Waals surface area contributed by atoms with Crippen LogP contribution in [0.25, 0.3) is 0 Å². The van der Waals surface area contributed by atoms with E-state index in [0.717, 1.165) is 6.54 Å². The largest absolute Gasteiger partial charge is 0.290 e. The minimum atomic E-state index is 0.494. The molecule has 18 heavy (non-hydrogen) atoms. The first kappa shape index (κ1) is 11.9. The second-order valence-corrected chi connectivity index (χ2v) is 5.90. The van der Waals surface area contributed by atoms with Gasteiger partial charge >= 0.3 is 0 Å². The van der Waals surface area contributed by atoms with Crippen LogP contribution in [0.1, 0.15) is 40.7 Å². The molecule has 1 saturated heterocycles.